The molecular formula is C46H58F3N5O2Si. The van der Waals surface area contributed by atoms with Crippen molar-refractivity contribution in [1.29, 1.82) is 0 Å². The van der Waals surface area contributed by atoms with Gasteiger partial charge < -0.3 is 19.6 Å². The summed E-state index contributed by atoms with van der Waals surface area (Å²) >= 11 is 0. The molecule has 0 amide bonds. The minimum atomic E-state index is -2.75. The summed E-state index contributed by atoms with van der Waals surface area (Å²) in [6, 6.07) is 4.55. The fraction of sp³-hybridized carbons (Fsp3) is 0.543. The molecule has 7 nitrogen and oxygen atoms in total. The second kappa shape index (κ2) is 15.6. The molecule has 1 N–H and O–H groups in total. The number of aryl methyl sites for hydroxylation is 1. The van der Waals surface area contributed by atoms with Crippen LogP contribution in [0.25, 0.3) is 32.9 Å². The SMILES string of the molecule is [2H]C([2H])([2H])N1C[C@@](C)(C([2H])([2H])Oc2nc(N3CCCC[C@H]4[C@H](F)[C@H]43)c3cnc(-c4cc(O)cc5ccc(F)c(C#C[Si](C(C)C)(C(C)C)C(C)C)c45)c(C)c3n2)/C(=C/F)C[C@H]1C. The Morgan fingerprint density at radius 1 is 1.14 bits per heavy atom. The Morgan fingerprint density at radius 3 is 2.56 bits per heavy atom. The number of phenols is 1. The van der Waals surface area contributed by atoms with Gasteiger partial charge in [-0.15, -0.1) is 5.54 Å². The number of piperidine rings is 1. The lowest BCUT2D eigenvalue weighted by atomic mass is 9.76. The fourth-order valence-electron chi connectivity index (χ4n) is 9.83. The summed E-state index contributed by atoms with van der Waals surface area (Å²) in [6.45, 7) is 12.7. The largest absolute Gasteiger partial charge is 0.508 e. The Hall–Kier alpha value is -4.14. The number of anilines is 1. The van der Waals surface area contributed by atoms with Gasteiger partial charge >= 0.3 is 6.01 Å². The van der Waals surface area contributed by atoms with Gasteiger partial charge in [-0.3, -0.25) is 4.98 Å². The van der Waals surface area contributed by atoms with Crippen LogP contribution in [0.4, 0.5) is 19.0 Å². The average Bonchev–Trinajstić information content (AvgIpc) is 3.88. The molecule has 4 aromatic rings. The molecule has 1 aliphatic carbocycles. The Bertz CT molecular complexity index is 2470. The molecule has 1 saturated carbocycles. The predicted molar refractivity (Wildman–Crippen MR) is 227 cm³/mol. The number of aromatic nitrogens is 3. The van der Waals surface area contributed by atoms with E-state index in [1.807, 2.05) is 4.90 Å². The first-order chi connectivity index (χ1) is 29.0. The van der Waals surface area contributed by atoms with E-state index in [1.54, 1.807) is 32.2 Å². The van der Waals surface area contributed by atoms with E-state index >= 15 is 8.78 Å². The van der Waals surface area contributed by atoms with E-state index in [-0.39, 0.29) is 35.8 Å². The van der Waals surface area contributed by atoms with Crippen LogP contribution in [-0.4, -0.2) is 77.9 Å². The zero-order valence-electron chi connectivity index (χ0n) is 39.5. The van der Waals surface area contributed by atoms with Gasteiger partial charge in [0.15, 0.2) is 0 Å². The zero-order valence-corrected chi connectivity index (χ0v) is 35.5. The molecule has 7 rings (SSSR count). The summed E-state index contributed by atoms with van der Waals surface area (Å²) in [5.74, 6) is 2.83. The summed E-state index contributed by atoms with van der Waals surface area (Å²) in [5, 5.41) is 12.6. The van der Waals surface area contributed by atoms with Gasteiger partial charge in [0, 0.05) is 57.3 Å². The van der Waals surface area contributed by atoms with E-state index in [0.717, 1.165) is 19.3 Å². The molecule has 0 bridgehead atoms. The van der Waals surface area contributed by atoms with Crippen LogP contribution in [0, 0.1) is 35.5 Å². The minimum absolute atomic E-state index is 0.0461. The molecule has 5 atom stereocenters. The smallest absolute Gasteiger partial charge is 0.318 e. The van der Waals surface area contributed by atoms with Gasteiger partial charge in [0.1, 0.15) is 38.2 Å². The first-order valence-corrected chi connectivity index (χ1v) is 22.5. The molecule has 2 aromatic heterocycles. The van der Waals surface area contributed by atoms with E-state index in [0.29, 0.717) is 73.8 Å². The number of rotatable bonds is 8. The first kappa shape index (κ1) is 34.9. The van der Waals surface area contributed by atoms with E-state index in [4.69, 9.17) is 23.8 Å². The molecule has 4 heterocycles. The number of pyridine rings is 1. The van der Waals surface area contributed by atoms with Crippen LogP contribution in [-0.2, 0) is 0 Å². The van der Waals surface area contributed by atoms with Gasteiger partial charge in [-0.2, -0.15) is 9.97 Å². The summed E-state index contributed by atoms with van der Waals surface area (Å²) in [4.78, 5) is 17.5. The van der Waals surface area contributed by atoms with Crippen molar-refractivity contribution in [3.63, 3.8) is 0 Å². The number of benzene rings is 2. The second-order valence-corrected chi connectivity index (χ2v) is 23.2. The number of ether oxygens (including phenoxy) is 1. The van der Waals surface area contributed by atoms with Gasteiger partial charge in [-0.25, -0.2) is 13.2 Å². The molecule has 11 heteroatoms. The van der Waals surface area contributed by atoms with E-state index in [1.165, 1.54) is 24.0 Å². The molecule has 2 saturated heterocycles. The van der Waals surface area contributed by atoms with Crippen LogP contribution < -0.4 is 9.64 Å². The van der Waals surface area contributed by atoms with Gasteiger partial charge in [0.2, 0.25) is 0 Å². The Kier molecular flexibility index (Phi) is 9.51. The summed E-state index contributed by atoms with van der Waals surface area (Å²) in [6.07, 6.45) is 3.05. The number of halogens is 3. The number of alkyl halides is 1. The molecule has 2 aliphatic heterocycles. The summed E-state index contributed by atoms with van der Waals surface area (Å²) in [5.41, 5.74) is 4.49. The maximum Gasteiger partial charge on any atom is 0.318 e. The highest BCUT2D eigenvalue weighted by Gasteiger charge is 2.55. The van der Waals surface area contributed by atoms with Gasteiger partial charge in [0.05, 0.1) is 37.3 Å². The Morgan fingerprint density at radius 2 is 1.88 bits per heavy atom. The first-order valence-electron chi connectivity index (χ1n) is 22.8. The standard InChI is InChI=1S/C46H58F3N5O2Si/c1-26(2)57(27(3)4,28(5)6)18-16-34-38(48)15-14-31-20-33(55)21-36(39(31)34)41-30(8)42-37(23-50-41)44(54-17-12-11-13-35-40(49)43(35)54)52-45(51-42)56-25-46(9)24-53(10)29(7)19-32(46)22-47/h14-15,20-23,26-29,35,40,43,55H,11-13,17,19,24-25H2,1-10H3/b32-22+/t29-,35+,40+,43+,46+/m1/s1/i10D3,25D2. The average molecular weight is 803 g/mol. The summed E-state index contributed by atoms with van der Waals surface area (Å²) < 4.78 is 95.6. The van der Waals surface area contributed by atoms with E-state index in [2.05, 4.69) is 53.0 Å². The van der Waals surface area contributed by atoms with Gasteiger partial charge in [0.25, 0.3) is 0 Å². The molecule has 2 aromatic carbocycles. The van der Waals surface area contributed by atoms with Crippen molar-refractivity contribution < 1.29 is 29.9 Å². The van der Waals surface area contributed by atoms with Crippen molar-refractivity contribution in [3.05, 3.63) is 59.3 Å². The van der Waals surface area contributed by atoms with Crippen molar-refractivity contribution >= 4 is 35.6 Å². The number of nitrogens with zero attached hydrogens (tertiary/aromatic N) is 5. The number of hydrogen-bond acceptors (Lipinski definition) is 7. The van der Waals surface area contributed by atoms with Crippen molar-refractivity contribution in [2.75, 3.05) is 31.5 Å². The van der Waals surface area contributed by atoms with Crippen molar-refractivity contribution in [3.8, 4) is 34.5 Å². The molecule has 0 spiro atoms. The number of likely N-dealkylation sites (tertiary alicyclic amines) is 1. The monoisotopic (exact) mass is 802 g/mol. The van der Waals surface area contributed by atoms with Crippen LogP contribution in [0.15, 0.2) is 42.4 Å². The highest BCUT2D eigenvalue weighted by atomic mass is 28.3. The van der Waals surface area contributed by atoms with Crippen molar-refractivity contribution in [2.45, 2.75) is 123 Å². The van der Waals surface area contributed by atoms with Crippen molar-refractivity contribution in [1.82, 2.24) is 19.9 Å². The lowest BCUT2D eigenvalue weighted by Gasteiger charge is -2.43. The fourth-order valence-corrected chi connectivity index (χ4v) is 15.0. The molecule has 57 heavy (non-hydrogen) atoms. The van der Waals surface area contributed by atoms with Crippen LogP contribution >= 0.6 is 0 Å². The topological polar surface area (TPSA) is 74.6 Å². The minimum Gasteiger partial charge on any atom is -0.508 e. The molecule has 0 radical (unpaired) electrons. The highest BCUT2D eigenvalue weighted by Crippen LogP contribution is 2.49. The maximum absolute atomic E-state index is 16.2. The molecule has 3 aliphatic rings. The van der Waals surface area contributed by atoms with Crippen LogP contribution in [0.5, 0.6) is 11.8 Å². The zero-order chi connectivity index (χ0) is 45.4. The van der Waals surface area contributed by atoms with Gasteiger partial charge in [-0.05, 0) is 85.9 Å². The molecule has 3 fully saturated rings. The molecular weight excluding hydrogens is 740 g/mol. The normalized spacial score (nSPS) is 26.8. The maximum atomic E-state index is 16.2. The number of fused-ring (bicyclic) bond motifs is 3. The third-order valence-electron chi connectivity index (χ3n) is 13.1. The number of phenolic OH excluding ortho intramolecular Hbond substituents is 1. The highest BCUT2D eigenvalue weighted by molar-refractivity contribution is 6.90. The van der Waals surface area contributed by atoms with Crippen molar-refractivity contribution in [2.24, 2.45) is 11.3 Å². The van der Waals surface area contributed by atoms with Crippen LogP contribution in [0.3, 0.4) is 0 Å². The van der Waals surface area contributed by atoms with E-state index in [9.17, 15) is 12.2 Å². The molecule has 304 valence electrons. The second-order valence-electron chi connectivity index (χ2n) is 17.6. The Labute approximate surface area is 344 Å². The van der Waals surface area contributed by atoms with Crippen LogP contribution in [0.1, 0.15) is 99.1 Å². The lowest BCUT2D eigenvalue weighted by molar-refractivity contribution is 0.0826. The third-order valence-corrected chi connectivity index (χ3v) is 19.4. The third kappa shape index (κ3) is 7.19. The lowest BCUT2D eigenvalue weighted by Crippen LogP contribution is -2.48. The molecule has 0 unspecified atom stereocenters. The Balaban J connectivity index is 1.45. The number of hydrogen-bond donors (Lipinski definition) is 1. The number of aromatic hydroxyl groups is 1. The van der Waals surface area contributed by atoms with Crippen LogP contribution in [0.2, 0.25) is 16.6 Å². The summed E-state index contributed by atoms with van der Waals surface area (Å²) in [7, 11) is -2.32. The quantitative estimate of drug-likeness (QED) is 0.140. The predicted octanol–water partition coefficient (Wildman–Crippen LogP) is 10.9. The van der Waals surface area contributed by atoms with E-state index < -0.39 is 57.1 Å². The van der Waals surface area contributed by atoms with Gasteiger partial charge in [-0.1, -0.05) is 66.9 Å².